The third-order valence-corrected chi connectivity index (χ3v) is 7.78. The summed E-state index contributed by atoms with van der Waals surface area (Å²) in [5.41, 5.74) is 1.35. The molecule has 4 rings (SSSR count). The summed E-state index contributed by atoms with van der Waals surface area (Å²) < 4.78 is 31.1. The van der Waals surface area contributed by atoms with Gasteiger partial charge in [0.2, 0.25) is 0 Å². The number of hydrogen-bond donors (Lipinski definition) is 0. The lowest BCUT2D eigenvalue weighted by molar-refractivity contribution is 0.0511. The molecule has 2 saturated carbocycles. The maximum atomic E-state index is 15.6. The number of halogens is 2. The molecule has 1 unspecified atom stereocenters. The van der Waals surface area contributed by atoms with E-state index in [1.165, 1.54) is 12.5 Å². The van der Waals surface area contributed by atoms with Gasteiger partial charge in [-0.2, -0.15) is 5.26 Å². The van der Waals surface area contributed by atoms with Crippen molar-refractivity contribution in [1.82, 2.24) is 4.90 Å². The van der Waals surface area contributed by atoms with Crippen molar-refractivity contribution in [2.45, 2.75) is 102 Å². The zero-order chi connectivity index (χ0) is 24.6. The fourth-order valence-electron chi connectivity index (χ4n) is 5.48. The number of nitrogens with zero attached hydrogens (tertiary/aromatic N) is 2. The molecule has 2 aliphatic rings. The van der Waals surface area contributed by atoms with Gasteiger partial charge in [-0.25, -0.2) is 8.78 Å². The maximum absolute atomic E-state index is 15.6. The highest BCUT2D eigenvalue weighted by molar-refractivity contribution is 5.44. The van der Waals surface area contributed by atoms with E-state index in [2.05, 4.69) is 49.1 Å². The Hall–Kier alpha value is -2.25. The van der Waals surface area contributed by atoms with E-state index in [4.69, 9.17) is 5.26 Å². The molecule has 2 nitrogen and oxygen atoms in total. The Labute approximate surface area is 205 Å². The summed E-state index contributed by atoms with van der Waals surface area (Å²) in [5.74, 6) is 0. The molecular formula is C30H40F2N2. The zero-order valence-electron chi connectivity index (χ0n) is 21.1. The molecule has 2 aromatic rings. The quantitative estimate of drug-likeness (QED) is 0.353. The van der Waals surface area contributed by atoms with Crippen molar-refractivity contribution in [3.05, 3.63) is 70.8 Å². The number of rotatable bonds is 10. The summed E-state index contributed by atoms with van der Waals surface area (Å²) >= 11 is 0. The number of benzene rings is 2. The van der Waals surface area contributed by atoms with Crippen LogP contribution < -0.4 is 0 Å². The second kappa shape index (κ2) is 11.9. The monoisotopic (exact) mass is 466 g/mol. The van der Waals surface area contributed by atoms with Crippen LogP contribution in [0.5, 0.6) is 0 Å². The first kappa shape index (κ1) is 26.4. The molecule has 0 aliphatic heterocycles. The van der Waals surface area contributed by atoms with Crippen LogP contribution in [0.1, 0.15) is 94.4 Å². The molecule has 2 aliphatic carbocycles. The van der Waals surface area contributed by atoms with Crippen LogP contribution >= 0.6 is 0 Å². The number of hydrogen-bond acceptors (Lipinski definition) is 2. The highest BCUT2D eigenvalue weighted by atomic mass is 19.1. The van der Waals surface area contributed by atoms with Gasteiger partial charge in [0.05, 0.1) is 6.07 Å². The van der Waals surface area contributed by atoms with E-state index >= 15 is 8.78 Å². The fraction of sp³-hybridized carbons (Fsp3) is 0.567. The van der Waals surface area contributed by atoms with Crippen molar-refractivity contribution in [3.8, 4) is 6.07 Å². The molecule has 0 N–H and O–H groups in total. The molecule has 0 aromatic heterocycles. The third-order valence-electron chi connectivity index (χ3n) is 7.78. The van der Waals surface area contributed by atoms with Crippen LogP contribution in [0.25, 0.3) is 0 Å². The van der Waals surface area contributed by atoms with Gasteiger partial charge in [-0.05, 0) is 86.6 Å². The van der Waals surface area contributed by atoms with Crippen LogP contribution in [0.2, 0.25) is 0 Å². The summed E-state index contributed by atoms with van der Waals surface area (Å²) in [6, 6.07) is 18.5. The van der Waals surface area contributed by atoms with Gasteiger partial charge in [-0.3, -0.25) is 4.90 Å². The summed E-state index contributed by atoms with van der Waals surface area (Å²) in [7, 11) is 0. The molecule has 1 atom stereocenters. The summed E-state index contributed by atoms with van der Waals surface area (Å²) in [6.45, 7) is 7.77. The molecule has 2 fully saturated rings. The maximum Gasteiger partial charge on any atom is 0.136 e. The minimum absolute atomic E-state index is 0.403. The molecule has 2 aromatic carbocycles. The minimum Gasteiger partial charge on any atom is -0.296 e. The van der Waals surface area contributed by atoms with Gasteiger partial charge < -0.3 is 0 Å². The predicted molar refractivity (Wildman–Crippen MR) is 136 cm³/mol. The molecule has 0 amide bonds. The molecule has 4 heteroatoms. The van der Waals surface area contributed by atoms with Crippen molar-refractivity contribution in [1.29, 1.82) is 5.26 Å². The van der Waals surface area contributed by atoms with E-state index in [9.17, 15) is 0 Å². The van der Waals surface area contributed by atoms with Crippen LogP contribution in [-0.2, 0) is 24.3 Å². The predicted octanol–water partition coefficient (Wildman–Crippen LogP) is 8.15. The van der Waals surface area contributed by atoms with Gasteiger partial charge in [0.15, 0.2) is 0 Å². The fourth-order valence-corrected chi connectivity index (χ4v) is 5.48. The van der Waals surface area contributed by atoms with Gasteiger partial charge in [0.25, 0.3) is 0 Å². The Morgan fingerprint density at radius 1 is 0.912 bits per heavy atom. The molecule has 184 valence electrons. The van der Waals surface area contributed by atoms with Crippen molar-refractivity contribution in [2.24, 2.45) is 0 Å². The first-order valence-electron chi connectivity index (χ1n) is 13.0. The van der Waals surface area contributed by atoms with Gasteiger partial charge in [-0.1, -0.05) is 62.4 Å². The van der Waals surface area contributed by atoms with E-state index < -0.39 is 11.3 Å². The van der Waals surface area contributed by atoms with Crippen LogP contribution in [0.3, 0.4) is 0 Å². The molecule has 0 spiro atoms. The molecule has 0 radical (unpaired) electrons. The third kappa shape index (κ3) is 5.87. The lowest BCUT2D eigenvalue weighted by Crippen LogP contribution is -2.36. The Balaban J connectivity index is 0.00000103. The Kier molecular flexibility index (Phi) is 9.25. The molecular weight excluding hydrogens is 426 g/mol. The van der Waals surface area contributed by atoms with Gasteiger partial charge in [-0.15, -0.1) is 0 Å². The summed E-state index contributed by atoms with van der Waals surface area (Å²) in [4.78, 5) is 2.51. The second-order valence-corrected chi connectivity index (χ2v) is 9.84. The summed E-state index contributed by atoms with van der Waals surface area (Å²) in [5, 5.41) is 7.32. The molecule has 34 heavy (non-hydrogen) atoms. The molecule has 0 saturated heterocycles. The smallest absolute Gasteiger partial charge is 0.136 e. The van der Waals surface area contributed by atoms with Crippen molar-refractivity contribution < 1.29 is 8.78 Å². The Bertz CT molecular complexity index is 904. The first-order chi connectivity index (χ1) is 16.4. The van der Waals surface area contributed by atoms with Crippen LogP contribution in [-0.4, -0.2) is 17.5 Å². The highest BCUT2D eigenvalue weighted by Gasteiger charge is 2.45. The van der Waals surface area contributed by atoms with E-state index in [1.807, 2.05) is 18.2 Å². The van der Waals surface area contributed by atoms with Crippen LogP contribution in [0, 0.1) is 11.3 Å². The minimum atomic E-state index is -1.25. The number of nitriles is 1. The van der Waals surface area contributed by atoms with Gasteiger partial charge in [0, 0.05) is 19.5 Å². The lowest BCUT2D eigenvalue weighted by atomic mass is 9.69. The standard InChI is InChI=1S/C28H37F2N.C2H3N/c1-3-23(31(4-2)21-22-11-6-5-7-12-22)15-16-24-25(27(29)17-9-18-27)13-8-14-26(24)28(30)19-10-20-28;1-2-3/h5-8,11-14,23H,3-4,9-10,15-21H2,1-2H3;1H3. The Morgan fingerprint density at radius 2 is 1.44 bits per heavy atom. The van der Waals surface area contributed by atoms with Crippen molar-refractivity contribution >= 4 is 0 Å². The van der Waals surface area contributed by atoms with E-state index in [0.717, 1.165) is 61.9 Å². The van der Waals surface area contributed by atoms with Crippen molar-refractivity contribution in [3.63, 3.8) is 0 Å². The average molecular weight is 467 g/mol. The SMILES string of the molecule is CC#N.CCC(CCc1c(C2(F)CCC2)cccc1C1(F)CCC1)N(CC)Cc1ccccc1. The largest absolute Gasteiger partial charge is 0.296 e. The van der Waals surface area contributed by atoms with Crippen LogP contribution in [0.15, 0.2) is 48.5 Å². The molecule has 0 heterocycles. The van der Waals surface area contributed by atoms with Gasteiger partial charge >= 0.3 is 0 Å². The average Bonchev–Trinajstić information content (AvgIpc) is 2.81. The first-order valence-corrected chi connectivity index (χ1v) is 13.0. The van der Waals surface area contributed by atoms with Gasteiger partial charge in [0.1, 0.15) is 11.3 Å². The van der Waals surface area contributed by atoms with Crippen LogP contribution in [0.4, 0.5) is 8.78 Å². The van der Waals surface area contributed by atoms with E-state index in [1.54, 1.807) is 6.07 Å². The summed E-state index contributed by atoms with van der Waals surface area (Å²) in [6.07, 6.45) is 6.91. The normalized spacial score (nSPS) is 18.6. The van der Waals surface area contributed by atoms with Crippen molar-refractivity contribution in [2.75, 3.05) is 6.54 Å². The lowest BCUT2D eigenvalue weighted by Gasteiger charge is -2.41. The second-order valence-electron chi connectivity index (χ2n) is 9.84. The van der Waals surface area contributed by atoms with E-state index in [-0.39, 0.29) is 0 Å². The highest BCUT2D eigenvalue weighted by Crippen LogP contribution is 2.51. The topological polar surface area (TPSA) is 27.0 Å². The zero-order valence-corrected chi connectivity index (χ0v) is 21.1. The Morgan fingerprint density at radius 3 is 1.85 bits per heavy atom. The van der Waals surface area contributed by atoms with E-state index in [0.29, 0.717) is 31.7 Å². The molecule has 0 bridgehead atoms. The number of alkyl halides is 2.